The highest BCUT2D eigenvalue weighted by atomic mass is 32.2. The molecule has 1 heterocycles. The summed E-state index contributed by atoms with van der Waals surface area (Å²) in [4.78, 5) is 2.61. The SMILES string of the molecule is CCCC(CN)N1CCSC(CC)C1. The van der Waals surface area contributed by atoms with Gasteiger partial charge in [-0.05, 0) is 12.8 Å². The lowest BCUT2D eigenvalue weighted by Crippen LogP contribution is -2.47. The molecule has 3 heteroatoms. The van der Waals surface area contributed by atoms with Gasteiger partial charge in [-0.3, -0.25) is 4.90 Å². The average Bonchev–Trinajstić information content (AvgIpc) is 2.26. The van der Waals surface area contributed by atoms with Gasteiger partial charge in [0.05, 0.1) is 0 Å². The predicted molar refractivity (Wildman–Crippen MR) is 65.9 cm³/mol. The lowest BCUT2D eigenvalue weighted by atomic mass is 10.1. The van der Waals surface area contributed by atoms with Crippen LogP contribution in [0, 0.1) is 0 Å². The van der Waals surface area contributed by atoms with Gasteiger partial charge in [0.1, 0.15) is 0 Å². The first-order valence-corrected chi connectivity index (χ1v) is 6.92. The van der Waals surface area contributed by atoms with E-state index in [0.717, 1.165) is 11.8 Å². The second-order valence-electron chi connectivity index (χ2n) is 4.07. The molecule has 0 aliphatic carbocycles. The first kappa shape index (κ1) is 12.3. The quantitative estimate of drug-likeness (QED) is 0.761. The Morgan fingerprint density at radius 1 is 1.50 bits per heavy atom. The van der Waals surface area contributed by atoms with Crippen molar-refractivity contribution in [2.45, 2.75) is 44.4 Å². The van der Waals surface area contributed by atoms with Crippen molar-refractivity contribution in [2.75, 3.05) is 25.4 Å². The summed E-state index contributed by atoms with van der Waals surface area (Å²) in [6, 6.07) is 0.634. The molecule has 1 rings (SSSR count). The lowest BCUT2D eigenvalue weighted by Gasteiger charge is -2.37. The highest BCUT2D eigenvalue weighted by molar-refractivity contribution is 8.00. The molecule has 1 aliphatic rings. The fraction of sp³-hybridized carbons (Fsp3) is 1.00. The molecule has 0 aromatic rings. The standard InChI is InChI=1S/C11H24N2S/c1-3-5-10(8-12)13-6-7-14-11(4-2)9-13/h10-11H,3-9,12H2,1-2H3. The average molecular weight is 216 g/mol. The Morgan fingerprint density at radius 2 is 2.29 bits per heavy atom. The number of hydrogen-bond acceptors (Lipinski definition) is 3. The Kier molecular flexibility index (Phi) is 5.90. The third-order valence-corrected chi connectivity index (χ3v) is 4.41. The monoisotopic (exact) mass is 216 g/mol. The van der Waals surface area contributed by atoms with Crippen molar-refractivity contribution >= 4 is 11.8 Å². The van der Waals surface area contributed by atoms with Crippen molar-refractivity contribution in [3.05, 3.63) is 0 Å². The molecule has 2 N–H and O–H groups in total. The highest BCUT2D eigenvalue weighted by Gasteiger charge is 2.23. The van der Waals surface area contributed by atoms with Gasteiger partial charge >= 0.3 is 0 Å². The predicted octanol–water partition coefficient (Wildman–Crippen LogP) is 1.94. The van der Waals surface area contributed by atoms with E-state index in [4.69, 9.17) is 5.73 Å². The third kappa shape index (κ3) is 3.44. The normalized spacial score (nSPS) is 26.4. The van der Waals surface area contributed by atoms with Crippen LogP contribution < -0.4 is 5.73 Å². The van der Waals surface area contributed by atoms with E-state index in [1.807, 2.05) is 0 Å². The number of hydrogen-bond donors (Lipinski definition) is 1. The van der Waals surface area contributed by atoms with Crippen molar-refractivity contribution in [3.63, 3.8) is 0 Å². The van der Waals surface area contributed by atoms with E-state index in [1.54, 1.807) is 0 Å². The van der Waals surface area contributed by atoms with E-state index in [1.165, 1.54) is 38.1 Å². The number of rotatable bonds is 5. The first-order chi connectivity index (χ1) is 6.81. The van der Waals surface area contributed by atoms with Crippen LogP contribution in [-0.4, -0.2) is 41.6 Å². The Morgan fingerprint density at radius 3 is 2.86 bits per heavy atom. The molecule has 2 atom stereocenters. The molecular weight excluding hydrogens is 192 g/mol. The summed E-state index contributed by atoms with van der Waals surface area (Å²) in [5.41, 5.74) is 5.83. The maximum Gasteiger partial charge on any atom is 0.0219 e. The fourth-order valence-corrected chi connectivity index (χ4v) is 3.31. The minimum atomic E-state index is 0.634. The topological polar surface area (TPSA) is 29.3 Å². The fourth-order valence-electron chi connectivity index (χ4n) is 2.10. The largest absolute Gasteiger partial charge is 0.329 e. The van der Waals surface area contributed by atoms with Gasteiger partial charge in [0.15, 0.2) is 0 Å². The van der Waals surface area contributed by atoms with Gasteiger partial charge in [0, 0.05) is 36.7 Å². The van der Waals surface area contributed by atoms with Gasteiger partial charge in [0.25, 0.3) is 0 Å². The van der Waals surface area contributed by atoms with Crippen molar-refractivity contribution in [2.24, 2.45) is 5.73 Å². The van der Waals surface area contributed by atoms with Gasteiger partial charge in [-0.25, -0.2) is 0 Å². The summed E-state index contributed by atoms with van der Waals surface area (Å²) in [6.45, 7) is 7.86. The van der Waals surface area contributed by atoms with Gasteiger partial charge in [-0.2, -0.15) is 11.8 Å². The number of thioether (sulfide) groups is 1. The molecule has 1 saturated heterocycles. The summed E-state index contributed by atoms with van der Waals surface area (Å²) in [7, 11) is 0. The Balaban J connectivity index is 2.40. The van der Waals surface area contributed by atoms with E-state index in [-0.39, 0.29) is 0 Å². The van der Waals surface area contributed by atoms with Crippen LogP contribution in [0.3, 0.4) is 0 Å². The molecule has 0 bridgehead atoms. The zero-order valence-corrected chi connectivity index (χ0v) is 10.4. The third-order valence-electron chi connectivity index (χ3n) is 3.04. The van der Waals surface area contributed by atoms with E-state index in [9.17, 15) is 0 Å². The van der Waals surface area contributed by atoms with Crippen LogP contribution in [0.15, 0.2) is 0 Å². The smallest absolute Gasteiger partial charge is 0.0219 e. The van der Waals surface area contributed by atoms with E-state index < -0.39 is 0 Å². The molecule has 14 heavy (non-hydrogen) atoms. The van der Waals surface area contributed by atoms with Crippen LogP contribution in [-0.2, 0) is 0 Å². The number of nitrogens with two attached hydrogens (primary N) is 1. The molecule has 0 saturated carbocycles. The van der Waals surface area contributed by atoms with E-state index in [0.29, 0.717) is 6.04 Å². The molecule has 2 nitrogen and oxygen atoms in total. The van der Waals surface area contributed by atoms with Crippen LogP contribution >= 0.6 is 11.8 Å². The van der Waals surface area contributed by atoms with E-state index in [2.05, 4.69) is 30.5 Å². The molecule has 0 aromatic carbocycles. The Bertz CT molecular complexity index is 152. The summed E-state index contributed by atoms with van der Waals surface area (Å²) < 4.78 is 0. The van der Waals surface area contributed by atoms with Gasteiger partial charge in [-0.1, -0.05) is 20.3 Å². The van der Waals surface area contributed by atoms with Gasteiger partial charge < -0.3 is 5.73 Å². The second kappa shape index (κ2) is 6.70. The molecule has 1 fully saturated rings. The molecule has 0 aromatic heterocycles. The summed E-state index contributed by atoms with van der Waals surface area (Å²) in [6.07, 6.45) is 3.81. The van der Waals surface area contributed by atoms with Crippen molar-refractivity contribution < 1.29 is 0 Å². The summed E-state index contributed by atoms with van der Waals surface area (Å²) >= 11 is 2.13. The van der Waals surface area contributed by atoms with Gasteiger partial charge in [0.2, 0.25) is 0 Å². The van der Waals surface area contributed by atoms with Crippen LogP contribution in [0.5, 0.6) is 0 Å². The Labute approximate surface area is 92.6 Å². The maximum atomic E-state index is 5.83. The van der Waals surface area contributed by atoms with Crippen molar-refractivity contribution in [1.29, 1.82) is 0 Å². The van der Waals surface area contributed by atoms with Crippen LogP contribution in [0.2, 0.25) is 0 Å². The maximum absolute atomic E-state index is 5.83. The minimum absolute atomic E-state index is 0.634. The van der Waals surface area contributed by atoms with Crippen LogP contribution in [0.1, 0.15) is 33.1 Å². The Hall–Kier alpha value is 0.270. The van der Waals surface area contributed by atoms with Gasteiger partial charge in [-0.15, -0.1) is 0 Å². The lowest BCUT2D eigenvalue weighted by molar-refractivity contribution is 0.195. The molecule has 0 spiro atoms. The number of nitrogens with zero attached hydrogens (tertiary/aromatic N) is 1. The van der Waals surface area contributed by atoms with Crippen molar-refractivity contribution in [1.82, 2.24) is 4.90 Å². The van der Waals surface area contributed by atoms with E-state index >= 15 is 0 Å². The minimum Gasteiger partial charge on any atom is -0.329 e. The molecule has 0 radical (unpaired) electrons. The second-order valence-corrected chi connectivity index (χ2v) is 5.48. The molecule has 1 aliphatic heterocycles. The summed E-state index contributed by atoms with van der Waals surface area (Å²) in [5.74, 6) is 1.29. The van der Waals surface area contributed by atoms with Crippen LogP contribution in [0.4, 0.5) is 0 Å². The zero-order valence-electron chi connectivity index (χ0n) is 9.54. The molecule has 84 valence electrons. The molecular formula is C11H24N2S. The summed E-state index contributed by atoms with van der Waals surface area (Å²) in [5, 5.41) is 0.842. The zero-order chi connectivity index (χ0) is 10.4. The van der Waals surface area contributed by atoms with Crippen molar-refractivity contribution in [3.8, 4) is 0 Å². The molecule has 2 unspecified atom stereocenters. The molecule has 0 amide bonds. The van der Waals surface area contributed by atoms with Crippen LogP contribution in [0.25, 0.3) is 0 Å². The highest BCUT2D eigenvalue weighted by Crippen LogP contribution is 2.23. The first-order valence-electron chi connectivity index (χ1n) is 5.87.